The maximum absolute atomic E-state index is 13.0. The van der Waals surface area contributed by atoms with Crippen LogP contribution in [0.3, 0.4) is 0 Å². The van der Waals surface area contributed by atoms with Gasteiger partial charge in [0.15, 0.2) is 17.0 Å². The van der Waals surface area contributed by atoms with Crippen molar-refractivity contribution in [1.29, 1.82) is 0 Å². The Kier molecular flexibility index (Phi) is 4.95. The molecule has 2 heterocycles. The van der Waals surface area contributed by atoms with Crippen molar-refractivity contribution in [3.8, 4) is 0 Å². The van der Waals surface area contributed by atoms with Gasteiger partial charge in [0, 0.05) is 19.6 Å². The molecule has 0 saturated carbocycles. The molecule has 126 valence electrons. The fourth-order valence-electron chi connectivity index (χ4n) is 2.34. The van der Waals surface area contributed by atoms with E-state index in [1.807, 2.05) is 6.92 Å². The number of halogens is 1. The Hall–Kier alpha value is -2.61. The van der Waals surface area contributed by atoms with Gasteiger partial charge >= 0.3 is 0 Å². The summed E-state index contributed by atoms with van der Waals surface area (Å²) in [6.45, 7) is 3.13. The molecule has 3 rings (SSSR count). The van der Waals surface area contributed by atoms with Crippen molar-refractivity contribution in [1.82, 2.24) is 25.0 Å². The SMILES string of the molecule is CCc1nc(NCCCO)c2nnn(Cc3ccc(F)cc3)c2n1. The number of nitrogens with zero attached hydrogens (tertiary/aromatic N) is 5. The van der Waals surface area contributed by atoms with Crippen LogP contribution in [0.25, 0.3) is 11.2 Å². The molecule has 3 aromatic rings. The van der Waals surface area contributed by atoms with Gasteiger partial charge in [0.25, 0.3) is 0 Å². The van der Waals surface area contributed by atoms with Gasteiger partial charge in [-0.3, -0.25) is 0 Å². The molecule has 0 aliphatic carbocycles. The van der Waals surface area contributed by atoms with Crippen molar-refractivity contribution < 1.29 is 9.50 Å². The number of aryl methyl sites for hydroxylation is 1. The monoisotopic (exact) mass is 330 g/mol. The zero-order valence-electron chi connectivity index (χ0n) is 13.4. The Morgan fingerprint density at radius 3 is 2.71 bits per heavy atom. The van der Waals surface area contributed by atoms with E-state index in [0.717, 1.165) is 5.56 Å². The number of fused-ring (bicyclic) bond motifs is 1. The molecule has 0 amide bonds. The first-order chi connectivity index (χ1) is 11.7. The van der Waals surface area contributed by atoms with Crippen LogP contribution in [0.15, 0.2) is 24.3 Å². The Labute approximate surface area is 138 Å². The third-order valence-electron chi connectivity index (χ3n) is 3.60. The maximum atomic E-state index is 13.0. The zero-order chi connectivity index (χ0) is 16.9. The van der Waals surface area contributed by atoms with E-state index in [0.29, 0.717) is 48.7 Å². The van der Waals surface area contributed by atoms with Crippen LogP contribution in [0.2, 0.25) is 0 Å². The van der Waals surface area contributed by atoms with E-state index in [-0.39, 0.29) is 12.4 Å². The molecule has 0 aliphatic heterocycles. The second-order valence-electron chi connectivity index (χ2n) is 5.39. The summed E-state index contributed by atoms with van der Waals surface area (Å²) in [6, 6.07) is 6.27. The van der Waals surface area contributed by atoms with E-state index in [1.165, 1.54) is 12.1 Å². The van der Waals surface area contributed by atoms with Crippen molar-refractivity contribution in [3.05, 3.63) is 41.5 Å². The topological polar surface area (TPSA) is 88.8 Å². The van der Waals surface area contributed by atoms with Gasteiger partial charge < -0.3 is 10.4 Å². The van der Waals surface area contributed by atoms with Gasteiger partial charge in [0.2, 0.25) is 0 Å². The summed E-state index contributed by atoms with van der Waals surface area (Å²) < 4.78 is 14.7. The first-order valence-electron chi connectivity index (χ1n) is 7.90. The summed E-state index contributed by atoms with van der Waals surface area (Å²) in [6.07, 6.45) is 1.31. The van der Waals surface area contributed by atoms with Crippen LogP contribution in [0.5, 0.6) is 0 Å². The predicted octanol–water partition coefficient (Wildman–Crippen LogP) is 1.77. The first kappa shape index (κ1) is 16.3. The van der Waals surface area contributed by atoms with E-state index in [9.17, 15) is 4.39 Å². The van der Waals surface area contributed by atoms with Crippen LogP contribution in [0.4, 0.5) is 10.2 Å². The van der Waals surface area contributed by atoms with Gasteiger partial charge in [-0.05, 0) is 24.1 Å². The smallest absolute Gasteiger partial charge is 0.184 e. The number of aromatic nitrogens is 5. The molecular formula is C16H19FN6O. The van der Waals surface area contributed by atoms with Crippen molar-refractivity contribution in [2.75, 3.05) is 18.5 Å². The van der Waals surface area contributed by atoms with Crippen molar-refractivity contribution in [3.63, 3.8) is 0 Å². The van der Waals surface area contributed by atoms with Crippen LogP contribution >= 0.6 is 0 Å². The highest BCUT2D eigenvalue weighted by Crippen LogP contribution is 2.19. The van der Waals surface area contributed by atoms with Crippen molar-refractivity contribution in [2.24, 2.45) is 0 Å². The van der Waals surface area contributed by atoms with Gasteiger partial charge in [-0.15, -0.1) is 5.10 Å². The first-order valence-corrected chi connectivity index (χ1v) is 7.90. The van der Waals surface area contributed by atoms with Crippen LogP contribution in [-0.4, -0.2) is 43.2 Å². The molecule has 2 aromatic heterocycles. The number of hydrogen-bond acceptors (Lipinski definition) is 6. The summed E-state index contributed by atoms with van der Waals surface area (Å²) in [5.41, 5.74) is 2.14. The number of anilines is 1. The van der Waals surface area contributed by atoms with E-state index in [4.69, 9.17) is 5.11 Å². The Morgan fingerprint density at radius 2 is 2.00 bits per heavy atom. The number of nitrogens with one attached hydrogen (secondary N) is 1. The minimum atomic E-state index is -0.270. The second-order valence-corrected chi connectivity index (χ2v) is 5.39. The second kappa shape index (κ2) is 7.31. The number of aliphatic hydroxyl groups is 1. The summed E-state index contributed by atoms with van der Waals surface area (Å²) in [4.78, 5) is 8.97. The van der Waals surface area contributed by atoms with Crippen molar-refractivity contribution >= 4 is 17.0 Å². The van der Waals surface area contributed by atoms with Crippen LogP contribution in [0.1, 0.15) is 24.7 Å². The lowest BCUT2D eigenvalue weighted by molar-refractivity contribution is 0.292. The molecule has 0 aliphatic rings. The fourth-order valence-corrected chi connectivity index (χ4v) is 2.34. The Balaban J connectivity index is 1.94. The molecule has 1 aromatic carbocycles. The number of benzene rings is 1. The van der Waals surface area contributed by atoms with E-state index in [2.05, 4.69) is 25.6 Å². The van der Waals surface area contributed by atoms with Crippen LogP contribution in [0, 0.1) is 5.82 Å². The molecule has 24 heavy (non-hydrogen) atoms. The third kappa shape index (κ3) is 3.48. The minimum absolute atomic E-state index is 0.110. The average molecular weight is 330 g/mol. The number of aliphatic hydroxyl groups excluding tert-OH is 1. The van der Waals surface area contributed by atoms with E-state index < -0.39 is 0 Å². The summed E-state index contributed by atoms with van der Waals surface area (Å²) in [7, 11) is 0. The van der Waals surface area contributed by atoms with Gasteiger partial charge in [-0.2, -0.15) is 0 Å². The Morgan fingerprint density at radius 1 is 1.21 bits per heavy atom. The highest BCUT2D eigenvalue weighted by atomic mass is 19.1. The molecule has 0 saturated heterocycles. The summed E-state index contributed by atoms with van der Waals surface area (Å²) >= 11 is 0. The molecule has 0 bridgehead atoms. The zero-order valence-corrected chi connectivity index (χ0v) is 13.4. The largest absolute Gasteiger partial charge is 0.396 e. The Bertz CT molecular complexity index is 817. The molecule has 0 radical (unpaired) electrons. The maximum Gasteiger partial charge on any atom is 0.184 e. The lowest BCUT2D eigenvalue weighted by atomic mass is 10.2. The number of rotatable bonds is 7. The van der Waals surface area contributed by atoms with Crippen molar-refractivity contribution in [2.45, 2.75) is 26.3 Å². The molecule has 0 unspecified atom stereocenters. The van der Waals surface area contributed by atoms with E-state index in [1.54, 1.807) is 16.8 Å². The molecular weight excluding hydrogens is 311 g/mol. The third-order valence-corrected chi connectivity index (χ3v) is 3.60. The fraction of sp³-hybridized carbons (Fsp3) is 0.375. The molecule has 0 spiro atoms. The van der Waals surface area contributed by atoms with Gasteiger partial charge in [0.1, 0.15) is 11.6 Å². The van der Waals surface area contributed by atoms with Crippen LogP contribution in [-0.2, 0) is 13.0 Å². The lowest BCUT2D eigenvalue weighted by Crippen LogP contribution is -2.09. The molecule has 7 nitrogen and oxygen atoms in total. The van der Waals surface area contributed by atoms with Crippen LogP contribution < -0.4 is 5.32 Å². The lowest BCUT2D eigenvalue weighted by Gasteiger charge is -2.07. The minimum Gasteiger partial charge on any atom is -0.396 e. The summed E-state index contributed by atoms with van der Waals surface area (Å²) in [5.74, 6) is 1.04. The number of hydrogen-bond donors (Lipinski definition) is 2. The highest BCUT2D eigenvalue weighted by molar-refractivity contribution is 5.82. The molecule has 8 heteroatoms. The predicted molar refractivity (Wildman–Crippen MR) is 88.2 cm³/mol. The van der Waals surface area contributed by atoms with Gasteiger partial charge in [-0.1, -0.05) is 24.3 Å². The average Bonchev–Trinajstić information content (AvgIpc) is 3.00. The molecule has 0 fully saturated rings. The van der Waals surface area contributed by atoms with Gasteiger partial charge in [0.05, 0.1) is 6.54 Å². The van der Waals surface area contributed by atoms with E-state index >= 15 is 0 Å². The molecule has 2 N–H and O–H groups in total. The quantitative estimate of drug-likeness (QED) is 0.642. The summed E-state index contributed by atoms with van der Waals surface area (Å²) in [5, 5.41) is 20.4. The normalized spacial score (nSPS) is 11.1. The van der Waals surface area contributed by atoms with Gasteiger partial charge in [-0.25, -0.2) is 19.0 Å². The standard InChI is InChI=1S/C16H19FN6O/c1-2-13-19-15(18-8-3-9-24)14-16(20-13)23(22-21-14)10-11-4-6-12(17)7-5-11/h4-7,24H,2-3,8-10H2,1H3,(H,18,19,20). The highest BCUT2D eigenvalue weighted by Gasteiger charge is 2.14. The molecule has 0 atom stereocenters.